The highest BCUT2D eigenvalue weighted by Gasteiger charge is 2.33. The number of hydrogen-bond donors (Lipinski definition) is 2. The van der Waals surface area contributed by atoms with E-state index in [2.05, 4.69) is 9.97 Å². The van der Waals surface area contributed by atoms with Crippen molar-refractivity contribution in [3.05, 3.63) is 42.4 Å². The van der Waals surface area contributed by atoms with Crippen molar-refractivity contribution in [3.8, 4) is 11.3 Å². The number of nitrogens with zero attached hydrogens (tertiary/aromatic N) is 2. The molecule has 1 saturated heterocycles. The maximum Gasteiger partial charge on any atom is 0.405 e. The van der Waals surface area contributed by atoms with Gasteiger partial charge in [-0.2, -0.15) is 13.2 Å². The zero-order valence-corrected chi connectivity index (χ0v) is 13.5. The van der Waals surface area contributed by atoms with E-state index in [1.165, 1.54) is 4.90 Å². The van der Waals surface area contributed by atoms with Crippen LogP contribution in [0, 0.1) is 0 Å². The second-order valence-corrected chi connectivity index (χ2v) is 6.03. The number of hydrogen-bond acceptors (Lipinski definition) is 2. The number of amides is 2. The van der Waals surface area contributed by atoms with Gasteiger partial charge in [0.15, 0.2) is 0 Å². The zero-order chi connectivity index (χ0) is 17.9. The van der Waals surface area contributed by atoms with Gasteiger partial charge in [0.05, 0.1) is 17.9 Å². The van der Waals surface area contributed by atoms with Crippen molar-refractivity contribution in [1.29, 1.82) is 0 Å². The van der Waals surface area contributed by atoms with Gasteiger partial charge in [0.1, 0.15) is 12.4 Å². The number of benzene rings is 1. The Labute approximate surface area is 143 Å². The van der Waals surface area contributed by atoms with Crippen LogP contribution in [0.5, 0.6) is 0 Å². The Morgan fingerprint density at radius 1 is 1.28 bits per heavy atom. The summed E-state index contributed by atoms with van der Waals surface area (Å²) in [5.74, 6) is 0.598. The molecule has 1 atom stereocenters. The molecule has 1 aliphatic rings. The average Bonchev–Trinajstić information content (AvgIpc) is 3.10. The lowest BCUT2D eigenvalue weighted by Crippen LogP contribution is -2.47. The van der Waals surface area contributed by atoms with Gasteiger partial charge in [-0.25, -0.2) is 9.78 Å². The van der Waals surface area contributed by atoms with E-state index >= 15 is 0 Å². The highest BCUT2D eigenvalue weighted by atomic mass is 19.4. The van der Waals surface area contributed by atoms with Crippen LogP contribution in [-0.2, 0) is 0 Å². The zero-order valence-electron chi connectivity index (χ0n) is 13.5. The number of rotatable bonds is 3. The third kappa shape index (κ3) is 4.32. The first-order valence-corrected chi connectivity index (χ1v) is 8.15. The standard InChI is InChI=1S/C17H19F3N4O/c18-17(19,20)11-22-16(25)24-9-5-4-8-14(24)15-21-10-13(23-15)12-6-2-1-3-7-12/h1-3,6-7,10,14H,4-5,8-9,11H2,(H,21,23)(H,22,25)/t14-/m1/s1. The quantitative estimate of drug-likeness (QED) is 0.881. The van der Waals surface area contributed by atoms with Crippen molar-refractivity contribution in [2.75, 3.05) is 13.1 Å². The molecule has 0 aliphatic carbocycles. The van der Waals surface area contributed by atoms with Gasteiger partial charge in [-0.1, -0.05) is 30.3 Å². The highest BCUT2D eigenvalue weighted by molar-refractivity contribution is 5.74. The molecule has 2 heterocycles. The molecule has 0 bridgehead atoms. The molecule has 0 unspecified atom stereocenters. The van der Waals surface area contributed by atoms with Gasteiger partial charge in [0.2, 0.25) is 0 Å². The number of piperidine rings is 1. The first kappa shape index (κ1) is 17.3. The minimum atomic E-state index is -4.42. The first-order chi connectivity index (χ1) is 11.9. The number of carbonyl (C=O) groups is 1. The SMILES string of the molecule is O=C(NCC(F)(F)F)N1CCCC[C@@H]1c1ncc(-c2ccccc2)[nH]1. The Balaban J connectivity index is 1.75. The van der Waals surface area contributed by atoms with E-state index in [0.29, 0.717) is 18.8 Å². The van der Waals surface area contributed by atoms with Crippen molar-refractivity contribution >= 4 is 6.03 Å². The monoisotopic (exact) mass is 352 g/mol. The highest BCUT2D eigenvalue weighted by Crippen LogP contribution is 2.30. The van der Waals surface area contributed by atoms with Crippen LogP contribution < -0.4 is 5.32 Å². The van der Waals surface area contributed by atoms with E-state index in [9.17, 15) is 18.0 Å². The molecule has 2 aromatic rings. The summed E-state index contributed by atoms with van der Waals surface area (Å²) in [7, 11) is 0. The summed E-state index contributed by atoms with van der Waals surface area (Å²) in [6.07, 6.45) is -0.407. The Bertz CT molecular complexity index is 714. The van der Waals surface area contributed by atoms with Crippen LogP contribution in [0.4, 0.5) is 18.0 Å². The average molecular weight is 352 g/mol. The van der Waals surface area contributed by atoms with Crippen molar-refractivity contribution < 1.29 is 18.0 Å². The fourth-order valence-electron chi connectivity index (χ4n) is 3.01. The third-order valence-corrected chi connectivity index (χ3v) is 4.20. The lowest BCUT2D eigenvalue weighted by Gasteiger charge is -2.34. The molecule has 25 heavy (non-hydrogen) atoms. The normalized spacial score (nSPS) is 18.2. The topological polar surface area (TPSA) is 61.0 Å². The van der Waals surface area contributed by atoms with E-state index in [1.807, 2.05) is 35.6 Å². The maximum atomic E-state index is 12.3. The molecule has 1 fully saturated rings. The van der Waals surface area contributed by atoms with Crippen LogP contribution >= 0.6 is 0 Å². The second kappa shape index (κ2) is 7.16. The molecule has 2 N–H and O–H groups in total. The van der Waals surface area contributed by atoms with Gasteiger partial charge in [0.25, 0.3) is 0 Å². The molecule has 5 nitrogen and oxygen atoms in total. The summed E-state index contributed by atoms with van der Waals surface area (Å²) in [6, 6.07) is 8.55. The number of likely N-dealkylation sites (tertiary alicyclic amines) is 1. The summed E-state index contributed by atoms with van der Waals surface area (Å²) in [6.45, 7) is -0.918. The lowest BCUT2D eigenvalue weighted by molar-refractivity contribution is -0.123. The largest absolute Gasteiger partial charge is 0.405 e. The van der Waals surface area contributed by atoms with E-state index in [-0.39, 0.29) is 6.04 Å². The summed E-state index contributed by atoms with van der Waals surface area (Å²) < 4.78 is 37.0. The maximum absolute atomic E-state index is 12.3. The smallest absolute Gasteiger partial charge is 0.340 e. The number of alkyl halides is 3. The number of H-pyrrole nitrogens is 1. The number of halogens is 3. The van der Waals surface area contributed by atoms with Crippen LogP contribution in [0.1, 0.15) is 31.1 Å². The molecule has 3 rings (SSSR count). The number of urea groups is 1. The van der Waals surface area contributed by atoms with Crippen molar-refractivity contribution in [1.82, 2.24) is 20.2 Å². The van der Waals surface area contributed by atoms with Crippen LogP contribution in [0.15, 0.2) is 36.5 Å². The molecule has 1 aliphatic heterocycles. The summed E-state index contributed by atoms with van der Waals surface area (Å²) in [4.78, 5) is 21.2. The van der Waals surface area contributed by atoms with Crippen LogP contribution in [-0.4, -0.2) is 40.2 Å². The molecule has 2 amide bonds. The van der Waals surface area contributed by atoms with Gasteiger partial charge < -0.3 is 15.2 Å². The fourth-order valence-corrected chi connectivity index (χ4v) is 3.01. The predicted octanol–water partition coefficient (Wildman–Crippen LogP) is 3.88. The first-order valence-electron chi connectivity index (χ1n) is 8.15. The van der Waals surface area contributed by atoms with Gasteiger partial charge in [-0.15, -0.1) is 0 Å². The van der Waals surface area contributed by atoms with Crippen LogP contribution in [0.3, 0.4) is 0 Å². The molecule has 0 spiro atoms. The number of carbonyl (C=O) groups excluding carboxylic acids is 1. The molecular formula is C17H19F3N4O. The van der Waals surface area contributed by atoms with E-state index in [0.717, 1.165) is 24.1 Å². The number of aromatic nitrogens is 2. The van der Waals surface area contributed by atoms with E-state index < -0.39 is 18.8 Å². The molecule has 1 aromatic heterocycles. The summed E-state index contributed by atoms with van der Waals surface area (Å²) in [5.41, 5.74) is 1.78. The van der Waals surface area contributed by atoms with Gasteiger partial charge in [0, 0.05) is 6.54 Å². The summed E-state index contributed by atoms with van der Waals surface area (Å²) in [5, 5.41) is 1.95. The molecule has 134 valence electrons. The van der Waals surface area contributed by atoms with Crippen molar-refractivity contribution in [3.63, 3.8) is 0 Å². The molecule has 8 heteroatoms. The molecule has 1 aromatic carbocycles. The predicted molar refractivity (Wildman–Crippen MR) is 86.8 cm³/mol. The van der Waals surface area contributed by atoms with Crippen LogP contribution in [0.25, 0.3) is 11.3 Å². The number of imidazole rings is 1. The summed E-state index contributed by atoms with van der Waals surface area (Å²) >= 11 is 0. The number of aromatic amines is 1. The minimum absolute atomic E-state index is 0.348. The Morgan fingerprint density at radius 3 is 2.76 bits per heavy atom. The van der Waals surface area contributed by atoms with Gasteiger partial charge in [-0.3, -0.25) is 0 Å². The van der Waals surface area contributed by atoms with Crippen molar-refractivity contribution in [2.24, 2.45) is 0 Å². The Morgan fingerprint density at radius 2 is 2.04 bits per heavy atom. The molecule has 0 saturated carbocycles. The number of nitrogens with one attached hydrogen (secondary N) is 2. The third-order valence-electron chi connectivity index (χ3n) is 4.20. The fraction of sp³-hybridized carbons (Fsp3) is 0.412. The molecular weight excluding hydrogens is 333 g/mol. The van der Waals surface area contributed by atoms with E-state index in [1.54, 1.807) is 6.20 Å². The van der Waals surface area contributed by atoms with Crippen LogP contribution in [0.2, 0.25) is 0 Å². The molecule has 0 radical (unpaired) electrons. The van der Waals surface area contributed by atoms with Gasteiger partial charge in [-0.05, 0) is 24.8 Å². The Kier molecular flexibility index (Phi) is 4.96. The second-order valence-electron chi connectivity index (χ2n) is 6.03. The van der Waals surface area contributed by atoms with Crippen molar-refractivity contribution in [2.45, 2.75) is 31.5 Å². The Hall–Kier alpha value is -2.51. The lowest BCUT2D eigenvalue weighted by atomic mass is 10.0. The van der Waals surface area contributed by atoms with E-state index in [4.69, 9.17) is 0 Å². The van der Waals surface area contributed by atoms with Gasteiger partial charge >= 0.3 is 12.2 Å². The minimum Gasteiger partial charge on any atom is -0.340 e.